The van der Waals surface area contributed by atoms with Crippen LogP contribution in [0.4, 0.5) is 5.69 Å². The van der Waals surface area contributed by atoms with Crippen LogP contribution >= 0.6 is 0 Å². The summed E-state index contributed by atoms with van der Waals surface area (Å²) in [6, 6.07) is 17.8. The van der Waals surface area contributed by atoms with Gasteiger partial charge in [0.2, 0.25) is 0 Å². The zero-order valence-electron chi connectivity index (χ0n) is 16.3. The van der Waals surface area contributed by atoms with E-state index in [9.17, 15) is 14.4 Å². The van der Waals surface area contributed by atoms with E-state index in [4.69, 9.17) is 0 Å². The molecule has 1 N–H and O–H groups in total. The lowest BCUT2D eigenvalue weighted by Crippen LogP contribution is -2.26. The molecule has 146 valence electrons. The highest BCUT2D eigenvalue weighted by molar-refractivity contribution is 6.06. The molecule has 3 aromatic rings. The van der Waals surface area contributed by atoms with Crippen molar-refractivity contribution in [2.24, 2.45) is 0 Å². The van der Waals surface area contributed by atoms with Crippen molar-refractivity contribution >= 4 is 23.3 Å². The van der Waals surface area contributed by atoms with Crippen LogP contribution in [0, 0.1) is 0 Å². The Morgan fingerprint density at radius 2 is 1.55 bits per heavy atom. The first-order valence-electron chi connectivity index (χ1n) is 9.11. The van der Waals surface area contributed by atoms with E-state index in [1.165, 1.54) is 25.4 Å². The minimum absolute atomic E-state index is 0.0436. The molecule has 29 heavy (non-hydrogen) atoms. The molecule has 2 aromatic carbocycles. The SMILES string of the molecule is CC(=O)c1ccc(NC(=O)c2cncc(C(=O)N(C)Cc3ccccc3)c2)cc1. The number of rotatable bonds is 6. The Labute approximate surface area is 169 Å². The summed E-state index contributed by atoms with van der Waals surface area (Å²) in [7, 11) is 1.71. The maximum atomic E-state index is 12.7. The first-order valence-corrected chi connectivity index (χ1v) is 9.11. The summed E-state index contributed by atoms with van der Waals surface area (Å²) >= 11 is 0. The highest BCUT2D eigenvalue weighted by atomic mass is 16.2. The largest absolute Gasteiger partial charge is 0.337 e. The molecule has 0 saturated heterocycles. The van der Waals surface area contributed by atoms with E-state index in [-0.39, 0.29) is 23.2 Å². The number of aromatic nitrogens is 1. The molecule has 0 aliphatic rings. The number of carbonyl (C=O) groups excluding carboxylic acids is 3. The van der Waals surface area contributed by atoms with Gasteiger partial charge in [-0.1, -0.05) is 30.3 Å². The van der Waals surface area contributed by atoms with Gasteiger partial charge in [0, 0.05) is 37.2 Å². The predicted molar refractivity (Wildman–Crippen MR) is 111 cm³/mol. The molecule has 0 bridgehead atoms. The molecule has 3 rings (SSSR count). The average Bonchev–Trinajstić information content (AvgIpc) is 2.74. The van der Waals surface area contributed by atoms with E-state index in [0.717, 1.165) is 5.56 Å². The zero-order valence-corrected chi connectivity index (χ0v) is 16.3. The number of amides is 2. The van der Waals surface area contributed by atoms with Crippen LogP contribution in [0.3, 0.4) is 0 Å². The van der Waals surface area contributed by atoms with E-state index >= 15 is 0 Å². The van der Waals surface area contributed by atoms with Crippen LogP contribution in [0.5, 0.6) is 0 Å². The third-order valence-corrected chi connectivity index (χ3v) is 4.41. The van der Waals surface area contributed by atoms with Crippen LogP contribution in [0.15, 0.2) is 73.1 Å². The maximum absolute atomic E-state index is 12.7. The predicted octanol–water partition coefficient (Wildman–Crippen LogP) is 3.81. The van der Waals surface area contributed by atoms with Crippen LogP contribution in [0.25, 0.3) is 0 Å². The Morgan fingerprint density at radius 3 is 2.21 bits per heavy atom. The summed E-state index contributed by atoms with van der Waals surface area (Å²) in [5.41, 5.74) is 2.75. The number of hydrogen-bond acceptors (Lipinski definition) is 4. The van der Waals surface area contributed by atoms with Crippen molar-refractivity contribution in [2.75, 3.05) is 12.4 Å². The quantitative estimate of drug-likeness (QED) is 0.653. The van der Waals surface area contributed by atoms with Crippen molar-refractivity contribution in [3.8, 4) is 0 Å². The number of nitrogens with zero attached hydrogens (tertiary/aromatic N) is 2. The second kappa shape index (κ2) is 8.93. The first kappa shape index (κ1) is 19.9. The molecule has 0 saturated carbocycles. The summed E-state index contributed by atoms with van der Waals surface area (Å²) < 4.78 is 0. The molecule has 0 atom stereocenters. The Bertz CT molecular complexity index is 1030. The zero-order chi connectivity index (χ0) is 20.8. The van der Waals surface area contributed by atoms with Crippen molar-refractivity contribution in [1.29, 1.82) is 0 Å². The first-order chi connectivity index (χ1) is 13.9. The van der Waals surface area contributed by atoms with Gasteiger partial charge in [0.1, 0.15) is 0 Å². The number of carbonyl (C=O) groups is 3. The Hall–Kier alpha value is -3.80. The fraction of sp³-hybridized carbons (Fsp3) is 0.130. The number of pyridine rings is 1. The summed E-state index contributed by atoms with van der Waals surface area (Å²) in [6.45, 7) is 1.94. The molecule has 1 heterocycles. The lowest BCUT2D eigenvalue weighted by molar-refractivity contribution is 0.0784. The van der Waals surface area contributed by atoms with Crippen molar-refractivity contribution < 1.29 is 14.4 Å². The molecular weight excluding hydrogens is 366 g/mol. The molecule has 0 fully saturated rings. The monoisotopic (exact) mass is 387 g/mol. The van der Waals surface area contributed by atoms with Crippen molar-refractivity contribution in [2.45, 2.75) is 13.5 Å². The van der Waals surface area contributed by atoms with Crippen LogP contribution in [-0.2, 0) is 6.54 Å². The third-order valence-electron chi connectivity index (χ3n) is 4.41. The summed E-state index contributed by atoms with van der Waals surface area (Å²) in [6.07, 6.45) is 2.86. The van der Waals surface area contributed by atoms with Gasteiger partial charge < -0.3 is 10.2 Å². The number of ketones is 1. The third kappa shape index (κ3) is 5.13. The molecule has 6 nitrogen and oxygen atoms in total. The van der Waals surface area contributed by atoms with E-state index < -0.39 is 0 Å². The molecule has 0 aliphatic heterocycles. The Morgan fingerprint density at radius 1 is 0.897 bits per heavy atom. The fourth-order valence-corrected chi connectivity index (χ4v) is 2.82. The van der Waals surface area contributed by atoms with E-state index in [1.54, 1.807) is 36.2 Å². The van der Waals surface area contributed by atoms with E-state index in [1.807, 2.05) is 30.3 Å². The maximum Gasteiger partial charge on any atom is 0.257 e. The van der Waals surface area contributed by atoms with Gasteiger partial charge in [0.25, 0.3) is 11.8 Å². The van der Waals surface area contributed by atoms with Crippen LogP contribution in [-0.4, -0.2) is 34.5 Å². The van der Waals surface area contributed by atoms with Crippen LogP contribution < -0.4 is 5.32 Å². The van der Waals surface area contributed by atoms with Gasteiger partial charge in [-0.3, -0.25) is 19.4 Å². The van der Waals surface area contributed by atoms with E-state index in [0.29, 0.717) is 23.4 Å². The molecule has 1 aromatic heterocycles. The minimum Gasteiger partial charge on any atom is -0.337 e. The van der Waals surface area contributed by atoms with Gasteiger partial charge in [-0.2, -0.15) is 0 Å². The van der Waals surface area contributed by atoms with Crippen LogP contribution in [0.2, 0.25) is 0 Å². The summed E-state index contributed by atoms with van der Waals surface area (Å²) in [4.78, 5) is 42.2. The number of benzene rings is 2. The lowest BCUT2D eigenvalue weighted by atomic mass is 10.1. The second-order valence-corrected chi connectivity index (χ2v) is 6.70. The number of nitrogens with one attached hydrogen (secondary N) is 1. The van der Waals surface area contributed by atoms with Gasteiger partial charge in [0.15, 0.2) is 5.78 Å². The smallest absolute Gasteiger partial charge is 0.257 e. The van der Waals surface area contributed by atoms with Gasteiger partial charge >= 0.3 is 0 Å². The fourth-order valence-electron chi connectivity index (χ4n) is 2.82. The number of anilines is 1. The average molecular weight is 387 g/mol. The highest BCUT2D eigenvalue weighted by Crippen LogP contribution is 2.14. The Kier molecular flexibility index (Phi) is 6.14. The minimum atomic E-state index is -0.381. The number of hydrogen-bond donors (Lipinski definition) is 1. The van der Waals surface area contributed by atoms with E-state index in [2.05, 4.69) is 10.3 Å². The summed E-state index contributed by atoms with van der Waals surface area (Å²) in [5, 5.41) is 2.74. The summed E-state index contributed by atoms with van der Waals surface area (Å²) in [5.74, 6) is -0.645. The van der Waals surface area contributed by atoms with Gasteiger partial charge in [-0.15, -0.1) is 0 Å². The topological polar surface area (TPSA) is 79.4 Å². The van der Waals surface area contributed by atoms with Crippen molar-refractivity contribution in [3.05, 3.63) is 95.3 Å². The number of Topliss-reactive ketones (excluding diaryl/α,β-unsaturated/α-hetero) is 1. The molecule has 6 heteroatoms. The normalized spacial score (nSPS) is 10.3. The van der Waals surface area contributed by atoms with Crippen LogP contribution in [0.1, 0.15) is 43.6 Å². The van der Waals surface area contributed by atoms with Gasteiger partial charge in [-0.05, 0) is 42.8 Å². The molecule has 0 radical (unpaired) electrons. The standard InChI is InChI=1S/C23H21N3O3/c1-16(27)18-8-10-21(11-9-18)25-22(28)19-12-20(14-24-13-19)23(29)26(2)15-17-6-4-3-5-7-17/h3-14H,15H2,1-2H3,(H,25,28). The molecule has 0 aliphatic carbocycles. The van der Waals surface area contributed by atoms with Gasteiger partial charge in [0.05, 0.1) is 11.1 Å². The van der Waals surface area contributed by atoms with Gasteiger partial charge in [-0.25, -0.2) is 0 Å². The van der Waals surface area contributed by atoms with Crippen molar-refractivity contribution in [3.63, 3.8) is 0 Å². The molecule has 0 unspecified atom stereocenters. The molecule has 2 amide bonds. The molecule has 0 spiro atoms. The highest BCUT2D eigenvalue weighted by Gasteiger charge is 2.15. The van der Waals surface area contributed by atoms with Crippen molar-refractivity contribution in [1.82, 2.24) is 9.88 Å². The second-order valence-electron chi connectivity index (χ2n) is 6.70. The Balaban J connectivity index is 1.70. The lowest BCUT2D eigenvalue weighted by Gasteiger charge is -2.17. The molecular formula is C23H21N3O3.